The lowest BCUT2D eigenvalue weighted by Crippen LogP contribution is -2.23. The summed E-state index contributed by atoms with van der Waals surface area (Å²) in [6.07, 6.45) is 0. The van der Waals surface area contributed by atoms with E-state index < -0.39 is 0 Å². The molecule has 0 aliphatic heterocycles. The van der Waals surface area contributed by atoms with Gasteiger partial charge in [-0.2, -0.15) is 5.10 Å². The number of aryl methyl sites for hydroxylation is 3. The first-order chi connectivity index (χ1) is 11.5. The van der Waals surface area contributed by atoms with E-state index >= 15 is 0 Å². The highest BCUT2D eigenvalue weighted by Gasteiger charge is 2.16. The quantitative estimate of drug-likeness (QED) is 0.778. The number of para-hydroxylation sites is 1. The van der Waals surface area contributed by atoms with E-state index in [0.717, 1.165) is 38.0 Å². The fourth-order valence-corrected chi connectivity index (χ4v) is 3.79. The molecule has 0 saturated carbocycles. The number of benzene rings is 1. The second-order valence-electron chi connectivity index (χ2n) is 5.91. The number of aromatic nitrogens is 2. The minimum atomic E-state index is -0.0249. The van der Waals surface area contributed by atoms with E-state index in [1.54, 1.807) is 11.3 Å². The van der Waals surface area contributed by atoms with Crippen LogP contribution in [0.5, 0.6) is 0 Å². The van der Waals surface area contributed by atoms with Gasteiger partial charge < -0.3 is 5.32 Å². The van der Waals surface area contributed by atoms with Crippen LogP contribution in [0.1, 0.15) is 37.1 Å². The second-order valence-corrected chi connectivity index (χ2v) is 7.37. The van der Waals surface area contributed by atoms with E-state index in [1.165, 1.54) is 0 Å². The summed E-state index contributed by atoms with van der Waals surface area (Å²) in [6.45, 7) is 8.50. The van der Waals surface area contributed by atoms with Crippen LogP contribution in [0.15, 0.2) is 36.4 Å². The topological polar surface area (TPSA) is 46.9 Å². The smallest absolute Gasteiger partial charge is 0.252 e. The van der Waals surface area contributed by atoms with E-state index in [4.69, 9.17) is 0 Å². The van der Waals surface area contributed by atoms with Gasteiger partial charge in [0, 0.05) is 27.6 Å². The Balaban J connectivity index is 1.80. The first-order valence-electron chi connectivity index (χ1n) is 7.93. The monoisotopic (exact) mass is 339 g/mol. The van der Waals surface area contributed by atoms with Crippen LogP contribution in [-0.2, 0) is 6.54 Å². The van der Waals surface area contributed by atoms with Crippen molar-refractivity contribution < 1.29 is 4.79 Å². The molecular weight excluding hydrogens is 318 g/mol. The Kier molecular flexibility index (Phi) is 4.53. The first-order valence-corrected chi connectivity index (χ1v) is 8.74. The Hall–Kier alpha value is -2.40. The Morgan fingerprint density at radius 2 is 1.88 bits per heavy atom. The second kappa shape index (κ2) is 6.61. The zero-order chi connectivity index (χ0) is 17.3. The Morgan fingerprint density at radius 1 is 1.17 bits per heavy atom. The van der Waals surface area contributed by atoms with Gasteiger partial charge in [0.2, 0.25) is 0 Å². The molecule has 0 spiro atoms. The van der Waals surface area contributed by atoms with Crippen LogP contribution in [0.4, 0.5) is 0 Å². The molecule has 0 unspecified atom stereocenters. The lowest BCUT2D eigenvalue weighted by molar-refractivity contribution is 0.0950. The predicted octanol–water partition coefficient (Wildman–Crippen LogP) is 4.10. The van der Waals surface area contributed by atoms with Crippen molar-refractivity contribution in [3.8, 4) is 5.69 Å². The molecule has 4 nitrogen and oxygen atoms in total. The van der Waals surface area contributed by atoms with Crippen LogP contribution in [0, 0.1) is 27.7 Å². The van der Waals surface area contributed by atoms with Crippen molar-refractivity contribution in [1.82, 2.24) is 15.1 Å². The molecule has 0 saturated heterocycles. The minimum Gasteiger partial charge on any atom is -0.348 e. The minimum absolute atomic E-state index is 0.0249. The van der Waals surface area contributed by atoms with Crippen LogP contribution in [-0.4, -0.2) is 15.7 Å². The number of thiophene rings is 1. The van der Waals surface area contributed by atoms with E-state index in [9.17, 15) is 4.79 Å². The molecule has 2 aromatic heterocycles. The molecule has 1 aromatic carbocycles. The average molecular weight is 339 g/mol. The van der Waals surface area contributed by atoms with Gasteiger partial charge in [0.25, 0.3) is 5.91 Å². The summed E-state index contributed by atoms with van der Waals surface area (Å²) in [5, 5.41) is 7.65. The predicted molar refractivity (Wildman–Crippen MR) is 98.0 cm³/mol. The summed E-state index contributed by atoms with van der Waals surface area (Å²) < 4.78 is 1.93. The van der Waals surface area contributed by atoms with Crippen LogP contribution in [0.3, 0.4) is 0 Å². The number of amides is 1. The number of carbonyl (C=O) groups is 1. The summed E-state index contributed by atoms with van der Waals surface area (Å²) >= 11 is 1.65. The molecule has 1 amide bonds. The van der Waals surface area contributed by atoms with Crippen LogP contribution in [0.25, 0.3) is 5.69 Å². The van der Waals surface area contributed by atoms with E-state index in [2.05, 4.69) is 10.4 Å². The van der Waals surface area contributed by atoms with Gasteiger partial charge >= 0.3 is 0 Å². The number of rotatable bonds is 4. The molecule has 0 radical (unpaired) electrons. The molecule has 0 bridgehead atoms. The van der Waals surface area contributed by atoms with Gasteiger partial charge in [-0.15, -0.1) is 11.3 Å². The largest absolute Gasteiger partial charge is 0.348 e. The Bertz CT molecular complexity index is 878. The van der Waals surface area contributed by atoms with E-state index in [-0.39, 0.29) is 5.91 Å². The molecule has 1 N–H and O–H groups in total. The average Bonchev–Trinajstić information content (AvgIpc) is 3.05. The number of hydrogen-bond acceptors (Lipinski definition) is 3. The third-order valence-corrected chi connectivity index (χ3v) is 5.12. The SMILES string of the molecule is Cc1cc(C(=O)NCc2c(C)nn(-c3ccccc3)c2C)c(C)s1. The van der Waals surface area contributed by atoms with Crippen molar-refractivity contribution in [3.05, 3.63) is 68.7 Å². The molecule has 0 aliphatic rings. The molecule has 0 atom stereocenters. The molecule has 3 aromatic rings. The maximum Gasteiger partial charge on any atom is 0.252 e. The van der Waals surface area contributed by atoms with Gasteiger partial charge in [-0.05, 0) is 45.9 Å². The zero-order valence-corrected chi connectivity index (χ0v) is 15.2. The molecule has 5 heteroatoms. The van der Waals surface area contributed by atoms with Gasteiger partial charge in [-0.3, -0.25) is 4.79 Å². The van der Waals surface area contributed by atoms with Gasteiger partial charge in [-0.25, -0.2) is 4.68 Å². The van der Waals surface area contributed by atoms with Crippen molar-refractivity contribution in [2.45, 2.75) is 34.2 Å². The van der Waals surface area contributed by atoms with Gasteiger partial charge in [0.05, 0.1) is 16.9 Å². The van der Waals surface area contributed by atoms with Crippen LogP contribution in [0.2, 0.25) is 0 Å². The van der Waals surface area contributed by atoms with Crippen LogP contribution < -0.4 is 5.32 Å². The number of carbonyl (C=O) groups excluding carboxylic acids is 1. The normalized spacial score (nSPS) is 10.8. The third-order valence-electron chi connectivity index (χ3n) is 4.15. The van der Waals surface area contributed by atoms with Crippen LogP contribution >= 0.6 is 11.3 Å². The maximum absolute atomic E-state index is 12.4. The number of hydrogen-bond donors (Lipinski definition) is 1. The van der Waals surface area contributed by atoms with Crippen molar-refractivity contribution in [1.29, 1.82) is 0 Å². The van der Waals surface area contributed by atoms with E-state index in [0.29, 0.717) is 6.54 Å². The van der Waals surface area contributed by atoms with Crippen molar-refractivity contribution in [3.63, 3.8) is 0 Å². The highest BCUT2D eigenvalue weighted by Crippen LogP contribution is 2.21. The van der Waals surface area contributed by atoms with Gasteiger partial charge in [-0.1, -0.05) is 18.2 Å². The molecule has 0 fully saturated rings. The highest BCUT2D eigenvalue weighted by molar-refractivity contribution is 7.12. The Labute approximate surface area is 146 Å². The van der Waals surface area contributed by atoms with E-state index in [1.807, 2.05) is 68.8 Å². The lowest BCUT2D eigenvalue weighted by atomic mass is 10.2. The van der Waals surface area contributed by atoms with Crippen molar-refractivity contribution in [2.24, 2.45) is 0 Å². The Morgan fingerprint density at radius 3 is 2.50 bits per heavy atom. The standard InChI is InChI=1S/C19H21N3OS/c1-12-10-17(15(4)24-12)19(23)20-11-18-13(2)21-22(14(18)3)16-8-6-5-7-9-16/h5-10H,11H2,1-4H3,(H,20,23). The summed E-state index contributed by atoms with van der Waals surface area (Å²) in [7, 11) is 0. The van der Waals surface area contributed by atoms with Gasteiger partial charge in [0.15, 0.2) is 0 Å². The summed E-state index contributed by atoms with van der Waals surface area (Å²) in [5.74, 6) is -0.0249. The first kappa shape index (κ1) is 16.5. The molecule has 24 heavy (non-hydrogen) atoms. The third kappa shape index (κ3) is 3.12. The fraction of sp³-hybridized carbons (Fsp3) is 0.263. The summed E-state index contributed by atoms with van der Waals surface area (Å²) in [5.41, 5.74) is 4.85. The lowest BCUT2D eigenvalue weighted by Gasteiger charge is -2.07. The zero-order valence-electron chi connectivity index (χ0n) is 14.4. The molecule has 2 heterocycles. The summed E-state index contributed by atoms with van der Waals surface area (Å²) in [4.78, 5) is 14.6. The molecule has 0 aliphatic carbocycles. The highest BCUT2D eigenvalue weighted by atomic mass is 32.1. The van der Waals surface area contributed by atoms with Crippen molar-refractivity contribution >= 4 is 17.2 Å². The maximum atomic E-state index is 12.4. The van der Waals surface area contributed by atoms with Gasteiger partial charge in [0.1, 0.15) is 0 Å². The molecule has 124 valence electrons. The number of nitrogens with zero attached hydrogens (tertiary/aromatic N) is 2. The molecule has 3 rings (SSSR count). The summed E-state index contributed by atoms with van der Waals surface area (Å²) in [6, 6.07) is 12.0. The number of nitrogens with one attached hydrogen (secondary N) is 1. The van der Waals surface area contributed by atoms with Crippen molar-refractivity contribution in [2.75, 3.05) is 0 Å². The molecular formula is C19H21N3OS. The fourth-order valence-electron chi connectivity index (χ4n) is 2.87.